The van der Waals surface area contributed by atoms with E-state index in [9.17, 15) is 9.59 Å². The fourth-order valence-electron chi connectivity index (χ4n) is 6.42. The summed E-state index contributed by atoms with van der Waals surface area (Å²) < 4.78 is 23.5. The summed E-state index contributed by atoms with van der Waals surface area (Å²) in [6, 6.07) is 30.4. The van der Waals surface area contributed by atoms with E-state index in [1.807, 2.05) is 72.8 Å². The third kappa shape index (κ3) is 7.36. The van der Waals surface area contributed by atoms with Crippen molar-refractivity contribution < 1.29 is 33.6 Å². The molecule has 0 unspecified atom stereocenters. The number of hydrogen-bond acceptors (Lipinski definition) is 9. The Balaban J connectivity index is 1.38. The van der Waals surface area contributed by atoms with Gasteiger partial charge in [0.25, 0.3) is 5.91 Å². The smallest absolute Gasteiger partial charge is 0.306 e. The van der Waals surface area contributed by atoms with Gasteiger partial charge in [0, 0.05) is 25.0 Å². The zero-order valence-electron chi connectivity index (χ0n) is 28.8. The lowest BCUT2D eigenvalue weighted by Crippen LogP contribution is -2.53. The molecule has 2 aliphatic rings. The number of aliphatic hydroxyl groups excluding tert-OH is 1. The van der Waals surface area contributed by atoms with E-state index in [0.29, 0.717) is 35.7 Å². The van der Waals surface area contributed by atoms with Crippen molar-refractivity contribution >= 4 is 17.8 Å². The molecule has 10 heteroatoms. The van der Waals surface area contributed by atoms with Gasteiger partial charge in [0.1, 0.15) is 17.1 Å². The molecular formula is C40H43N3O7. The first kappa shape index (κ1) is 34.7. The number of amides is 1. The molecule has 0 aromatic heterocycles. The van der Waals surface area contributed by atoms with Gasteiger partial charge in [-0.1, -0.05) is 60.7 Å². The Morgan fingerprint density at radius 2 is 1.58 bits per heavy atom. The molecule has 4 aromatic carbocycles. The topological polar surface area (TPSA) is 128 Å². The van der Waals surface area contributed by atoms with Gasteiger partial charge in [-0.05, 0) is 91.4 Å². The average Bonchev–Trinajstić information content (AvgIpc) is 3.67. The Kier molecular flexibility index (Phi) is 10.2. The third-order valence-corrected chi connectivity index (χ3v) is 8.72. The molecule has 0 bridgehead atoms. The highest BCUT2D eigenvalue weighted by Gasteiger charge is 2.54. The van der Waals surface area contributed by atoms with Gasteiger partial charge in [-0.3, -0.25) is 15.0 Å². The summed E-state index contributed by atoms with van der Waals surface area (Å²) >= 11 is 0. The second kappa shape index (κ2) is 14.7. The van der Waals surface area contributed by atoms with Gasteiger partial charge in [-0.25, -0.2) is 10.4 Å². The van der Waals surface area contributed by atoms with E-state index in [1.54, 1.807) is 40.0 Å². The van der Waals surface area contributed by atoms with Crippen LogP contribution in [0.4, 0.5) is 0 Å². The number of hydrogen-bond donors (Lipinski definition) is 3. The normalized spacial score (nSPS) is 18.0. The molecule has 1 aliphatic carbocycles. The molecule has 6 rings (SSSR count). The van der Waals surface area contributed by atoms with Crippen molar-refractivity contribution in [1.29, 1.82) is 0 Å². The highest BCUT2D eigenvalue weighted by atomic mass is 16.6. The van der Waals surface area contributed by atoms with Crippen LogP contribution in [0.3, 0.4) is 0 Å². The highest BCUT2D eigenvalue weighted by Crippen LogP contribution is 2.45. The summed E-state index contributed by atoms with van der Waals surface area (Å²) in [6.45, 7) is 5.83. The minimum absolute atomic E-state index is 0.000990. The minimum atomic E-state index is -1.58. The molecule has 260 valence electrons. The van der Waals surface area contributed by atoms with Crippen LogP contribution in [0.5, 0.6) is 11.5 Å². The maximum atomic E-state index is 14.8. The highest BCUT2D eigenvalue weighted by molar-refractivity contribution is 6.01. The van der Waals surface area contributed by atoms with Gasteiger partial charge in [-0.15, -0.1) is 0 Å². The summed E-state index contributed by atoms with van der Waals surface area (Å²) in [5.74, 6) is 0.544. The maximum absolute atomic E-state index is 14.8. The Morgan fingerprint density at radius 3 is 2.22 bits per heavy atom. The Labute approximate surface area is 292 Å². The second-order valence-electron chi connectivity index (χ2n) is 13.4. The van der Waals surface area contributed by atoms with Crippen LogP contribution in [0.2, 0.25) is 0 Å². The van der Waals surface area contributed by atoms with Crippen molar-refractivity contribution in [3.8, 4) is 22.6 Å². The molecule has 1 aliphatic heterocycles. The van der Waals surface area contributed by atoms with Crippen molar-refractivity contribution in [3.05, 3.63) is 119 Å². The summed E-state index contributed by atoms with van der Waals surface area (Å²) in [5.41, 5.74) is 9.56. The molecule has 0 fully saturated rings. The average molecular weight is 678 g/mol. The summed E-state index contributed by atoms with van der Waals surface area (Å²) in [6.07, 6.45) is -0.486. The first-order chi connectivity index (χ1) is 24.1. The number of nitrogens with one attached hydrogen (secondary N) is 2. The molecule has 1 amide bonds. The molecule has 0 saturated carbocycles. The number of ether oxygens (including phenoxy) is 4. The summed E-state index contributed by atoms with van der Waals surface area (Å²) in [4.78, 5) is 33.0. The standard InChI is InChI=1S/C40H43N3O7/c1-39(2,3)50-34(45)21-22-40(38(46)43-42-35-32-15-7-5-13-30(32)31-14-6-8-16-33(31)35)36(27-11-9-12-29(25-27)47-4)49-37(41-40)26-17-19-28(20-18-26)48-24-10-23-44/h5-9,11-20,25,35-36,42,44H,10,21-24H2,1-4H3,(H,43,46)/t36-,40-/m0/s1. The van der Waals surface area contributed by atoms with Crippen molar-refractivity contribution in [2.24, 2.45) is 4.99 Å². The maximum Gasteiger partial charge on any atom is 0.306 e. The number of benzene rings is 4. The van der Waals surface area contributed by atoms with Crippen LogP contribution in [0.1, 0.15) is 74.4 Å². The monoisotopic (exact) mass is 677 g/mol. The number of carbonyl (C=O) groups excluding carboxylic acids is 2. The number of aliphatic hydroxyl groups is 1. The minimum Gasteiger partial charge on any atom is -0.497 e. The largest absolute Gasteiger partial charge is 0.497 e. The number of carbonyl (C=O) groups is 2. The quantitative estimate of drug-likeness (QED) is 0.0864. The number of fused-ring (bicyclic) bond motifs is 3. The van der Waals surface area contributed by atoms with E-state index in [1.165, 1.54) is 0 Å². The molecule has 2 atom stereocenters. The molecule has 3 N–H and O–H groups in total. The van der Waals surface area contributed by atoms with Crippen LogP contribution < -0.4 is 20.3 Å². The van der Waals surface area contributed by atoms with Crippen molar-refractivity contribution in [3.63, 3.8) is 0 Å². The van der Waals surface area contributed by atoms with Crippen molar-refractivity contribution in [2.75, 3.05) is 20.3 Å². The molecule has 4 aromatic rings. The van der Waals surface area contributed by atoms with Gasteiger partial charge in [0.2, 0.25) is 5.90 Å². The van der Waals surface area contributed by atoms with Crippen LogP contribution >= 0.6 is 0 Å². The molecule has 0 radical (unpaired) electrons. The van der Waals surface area contributed by atoms with E-state index < -0.39 is 29.1 Å². The number of aliphatic imine (C=N–C) groups is 1. The Morgan fingerprint density at radius 1 is 0.900 bits per heavy atom. The van der Waals surface area contributed by atoms with E-state index in [0.717, 1.165) is 22.3 Å². The SMILES string of the molecule is COc1cccc([C@@H]2OC(c3ccc(OCCCO)cc3)=N[C@]2(CCC(=O)OC(C)(C)C)C(=O)NNC2c3ccccc3-c3ccccc32)c1. The predicted octanol–water partition coefficient (Wildman–Crippen LogP) is 6.23. The van der Waals surface area contributed by atoms with Crippen LogP contribution in [-0.2, 0) is 19.1 Å². The number of methoxy groups -OCH3 is 1. The fourth-order valence-corrected chi connectivity index (χ4v) is 6.42. The molecule has 50 heavy (non-hydrogen) atoms. The van der Waals surface area contributed by atoms with Crippen molar-refractivity contribution in [1.82, 2.24) is 10.9 Å². The zero-order valence-corrected chi connectivity index (χ0v) is 28.8. The fraction of sp³-hybridized carbons (Fsp3) is 0.325. The number of esters is 1. The van der Waals surface area contributed by atoms with Crippen LogP contribution in [0.15, 0.2) is 102 Å². The lowest BCUT2D eigenvalue weighted by atomic mass is 9.83. The zero-order chi connectivity index (χ0) is 35.3. The van der Waals surface area contributed by atoms with Gasteiger partial charge >= 0.3 is 5.97 Å². The van der Waals surface area contributed by atoms with Crippen LogP contribution in [0.25, 0.3) is 11.1 Å². The van der Waals surface area contributed by atoms with Gasteiger partial charge in [0.05, 0.1) is 19.8 Å². The van der Waals surface area contributed by atoms with E-state index in [4.69, 9.17) is 29.0 Å². The van der Waals surface area contributed by atoms with E-state index >= 15 is 0 Å². The molecule has 0 spiro atoms. The van der Waals surface area contributed by atoms with E-state index in [2.05, 4.69) is 23.0 Å². The number of rotatable bonds is 13. The lowest BCUT2D eigenvalue weighted by Gasteiger charge is -2.31. The van der Waals surface area contributed by atoms with Gasteiger partial charge < -0.3 is 24.1 Å². The third-order valence-electron chi connectivity index (χ3n) is 8.72. The lowest BCUT2D eigenvalue weighted by molar-refractivity contribution is -0.155. The molecule has 10 nitrogen and oxygen atoms in total. The first-order valence-corrected chi connectivity index (χ1v) is 16.8. The summed E-state index contributed by atoms with van der Waals surface area (Å²) in [7, 11) is 1.57. The van der Waals surface area contributed by atoms with Crippen LogP contribution in [0, 0.1) is 0 Å². The molecule has 1 heterocycles. The predicted molar refractivity (Wildman–Crippen MR) is 190 cm³/mol. The number of hydrazine groups is 1. The van der Waals surface area contributed by atoms with Crippen molar-refractivity contribution in [2.45, 2.75) is 63.3 Å². The molecule has 0 saturated heterocycles. The van der Waals surface area contributed by atoms with Gasteiger partial charge in [-0.2, -0.15) is 0 Å². The Hall–Kier alpha value is -5.19. The van der Waals surface area contributed by atoms with Crippen LogP contribution in [-0.4, -0.2) is 54.3 Å². The summed E-state index contributed by atoms with van der Waals surface area (Å²) in [5, 5.41) is 9.11. The Bertz CT molecular complexity index is 1820. The number of nitrogens with zero attached hydrogens (tertiary/aromatic N) is 1. The molecular weight excluding hydrogens is 634 g/mol. The first-order valence-electron chi connectivity index (χ1n) is 16.8. The van der Waals surface area contributed by atoms with Gasteiger partial charge in [0.15, 0.2) is 11.6 Å². The second-order valence-corrected chi connectivity index (χ2v) is 13.4. The van der Waals surface area contributed by atoms with E-state index in [-0.39, 0.29) is 31.4 Å².